The molecule has 0 radical (unpaired) electrons. The van der Waals surface area contributed by atoms with Crippen LogP contribution in [0.2, 0.25) is 5.02 Å². The number of benzene rings is 2. The summed E-state index contributed by atoms with van der Waals surface area (Å²) in [6, 6.07) is 14.2. The number of hydrogen-bond acceptors (Lipinski definition) is 3. The lowest BCUT2D eigenvalue weighted by atomic mass is 9.88. The van der Waals surface area contributed by atoms with Crippen LogP contribution < -0.4 is 10.1 Å². The molecule has 4 rings (SSSR count). The van der Waals surface area contributed by atoms with E-state index < -0.39 is 0 Å². The summed E-state index contributed by atoms with van der Waals surface area (Å²) in [5.74, 6) is 1.12. The van der Waals surface area contributed by atoms with Gasteiger partial charge in [0.2, 0.25) is 5.91 Å². The second-order valence-electron chi connectivity index (χ2n) is 9.31. The van der Waals surface area contributed by atoms with Gasteiger partial charge in [-0.15, -0.1) is 0 Å². The third kappa shape index (κ3) is 4.81. The Morgan fingerprint density at radius 2 is 1.93 bits per heavy atom. The third-order valence-corrected chi connectivity index (χ3v) is 6.62. The summed E-state index contributed by atoms with van der Waals surface area (Å²) in [4.78, 5) is 15.5. The van der Waals surface area contributed by atoms with Gasteiger partial charge in [0.05, 0.1) is 6.04 Å². The standard InChI is InChI=1S/C25H31ClN2O2/c1-17-8-9-23-20(14-17)22(15-25(2,3)30-23)27-24(29)18-10-12-28(13-11-18)16-19-6-4-5-7-21(19)26/h4-9,14,18,22H,10-13,15-16H2,1-3H3,(H,27,29)/t22-/m0/s1. The number of hydrogen-bond donors (Lipinski definition) is 1. The van der Waals surface area contributed by atoms with Crippen molar-refractivity contribution in [2.75, 3.05) is 13.1 Å². The quantitative estimate of drug-likeness (QED) is 0.723. The number of carbonyl (C=O) groups excluding carboxylic acids is 1. The van der Waals surface area contributed by atoms with E-state index in [4.69, 9.17) is 16.3 Å². The first kappa shape index (κ1) is 21.2. The number of amides is 1. The van der Waals surface area contributed by atoms with Gasteiger partial charge in [-0.25, -0.2) is 0 Å². The first-order chi connectivity index (χ1) is 14.3. The van der Waals surface area contributed by atoms with Crippen molar-refractivity contribution in [2.24, 2.45) is 5.92 Å². The molecule has 1 amide bonds. The van der Waals surface area contributed by atoms with E-state index in [2.05, 4.69) is 49.2 Å². The lowest BCUT2D eigenvalue weighted by Gasteiger charge is -2.39. The second-order valence-corrected chi connectivity index (χ2v) is 9.72. The van der Waals surface area contributed by atoms with Crippen molar-refractivity contribution in [1.82, 2.24) is 10.2 Å². The summed E-state index contributed by atoms with van der Waals surface area (Å²) in [5, 5.41) is 4.16. The van der Waals surface area contributed by atoms with Gasteiger partial charge in [-0.05, 0) is 64.4 Å². The number of nitrogens with one attached hydrogen (secondary N) is 1. The van der Waals surface area contributed by atoms with Crippen LogP contribution in [0.1, 0.15) is 55.8 Å². The maximum Gasteiger partial charge on any atom is 0.223 e. The molecule has 2 aliphatic heterocycles. The average Bonchev–Trinajstić information content (AvgIpc) is 2.70. The highest BCUT2D eigenvalue weighted by atomic mass is 35.5. The minimum atomic E-state index is -0.293. The molecule has 2 aromatic carbocycles. The number of piperidine rings is 1. The molecular formula is C25H31ClN2O2. The lowest BCUT2D eigenvalue weighted by Crippen LogP contribution is -2.45. The van der Waals surface area contributed by atoms with Crippen molar-refractivity contribution in [1.29, 1.82) is 0 Å². The van der Waals surface area contributed by atoms with Crippen molar-refractivity contribution in [2.45, 2.75) is 58.2 Å². The molecule has 0 aliphatic carbocycles. The molecule has 1 atom stereocenters. The minimum absolute atomic E-state index is 0.00250. The fraction of sp³-hybridized carbons (Fsp3) is 0.480. The van der Waals surface area contributed by atoms with Crippen molar-refractivity contribution < 1.29 is 9.53 Å². The van der Waals surface area contributed by atoms with E-state index >= 15 is 0 Å². The molecule has 2 aromatic rings. The normalized spacial score (nSPS) is 21.5. The molecule has 160 valence electrons. The molecular weight excluding hydrogens is 396 g/mol. The van der Waals surface area contributed by atoms with Crippen molar-refractivity contribution in [3.63, 3.8) is 0 Å². The highest BCUT2D eigenvalue weighted by Crippen LogP contribution is 2.40. The fourth-order valence-corrected chi connectivity index (χ4v) is 4.81. The number of ether oxygens (including phenoxy) is 1. The smallest absolute Gasteiger partial charge is 0.223 e. The Morgan fingerprint density at radius 1 is 1.20 bits per heavy atom. The number of aryl methyl sites for hydroxylation is 1. The topological polar surface area (TPSA) is 41.6 Å². The van der Waals surface area contributed by atoms with Crippen LogP contribution in [0.25, 0.3) is 0 Å². The molecule has 4 nitrogen and oxygen atoms in total. The van der Waals surface area contributed by atoms with Crippen LogP contribution in [0, 0.1) is 12.8 Å². The van der Waals surface area contributed by atoms with Crippen LogP contribution in [0.15, 0.2) is 42.5 Å². The van der Waals surface area contributed by atoms with E-state index in [1.54, 1.807) is 0 Å². The molecule has 0 spiro atoms. The molecule has 0 unspecified atom stereocenters. The summed E-state index contributed by atoms with van der Waals surface area (Å²) in [6.45, 7) is 8.92. The molecule has 1 saturated heterocycles. The zero-order chi connectivity index (χ0) is 21.3. The van der Waals surface area contributed by atoms with Crippen LogP contribution >= 0.6 is 11.6 Å². The Balaban J connectivity index is 1.37. The van der Waals surface area contributed by atoms with Gasteiger partial charge in [0.1, 0.15) is 11.4 Å². The van der Waals surface area contributed by atoms with E-state index in [0.717, 1.165) is 60.8 Å². The minimum Gasteiger partial charge on any atom is -0.487 e. The maximum atomic E-state index is 13.1. The van der Waals surface area contributed by atoms with Gasteiger partial charge in [0.25, 0.3) is 0 Å². The molecule has 0 aromatic heterocycles. The molecule has 0 bridgehead atoms. The van der Waals surface area contributed by atoms with Crippen molar-refractivity contribution >= 4 is 17.5 Å². The Hall–Kier alpha value is -2.04. The Kier molecular flexibility index (Phi) is 6.08. The van der Waals surface area contributed by atoms with Gasteiger partial charge >= 0.3 is 0 Å². The van der Waals surface area contributed by atoms with Crippen molar-refractivity contribution in [3.05, 3.63) is 64.2 Å². The highest BCUT2D eigenvalue weighted by molar-refractivity contribution is 6.31. The molecule has 0 saturated carbocycles. The zero-order valence-electron chi connectivity index (χ0n) is 18.1. The Morgan fingerprint density at radius 3 is 2.67 bits per heavy atom. The third-order valence-electron chi connectivity index (χ3n) is 6.25. The number of nitrogens with zero attached hydrogens (tertiary/aromatic N) is 1. The van der Waals surface area contributed by atoms with E-state index in [-0.39, 0.29) is 23.5 Å². The predicted octanol–water partition coefficient (Wildman–Crippen LogP) is 5.28. The molecule has 2 aliphatic rings. The van der Waals surface area contributed by atoms with Gasteiger partial charge in [-0.3, -0.25) is 9.69 Å². The molecule has 30 heavy (non-hydrogen) atoms. The van der Waals surface area contributed by atoms with E-state index in [1.165, 1.54) is 5.56 Å². The monoisotopic (exact) mass is 426 g/mol. The number of fused-ring (bicyclic) bond motifs is 1. The summed E-state index contributed by atoms with van der Waals surface area (Å²) >= 11 is 6.31. The molecule has 2 heterocycles. The second kappa shape index (κ2) is 8.60. The van der Waals surface area contributed by atoms with Crippen LogP contribution in [0.5, 0.6) is 5.75 Å². The average molecular weight is 427 g/mol. The first-order valence-corrected chi connectivity index (χ1v) is 11.2. The number of carbonyl (C=O) groups is 1. The summed E-state index contributed by atoms with van der Waals surface area (Å²) in [7, 11) is 0. The van der Waals surface area contributed by atoms with Gasteiger partial charge in [-0.1, -0.05) is 47.5 Å². The maximum absolute atomic E-state index is 13.1. The largest absolute Gasteiger partial charge is 0.487 e. The lowest BCUT2D eigenvalue weighted by molar-refractivity contribution is -0.127. The molecule has 1 fully saturated rings. The summed E-state index contributed by atoms with van der Waals surface area (Å²) in [5.41, 5.74) is 3.14. The first-order valence-electron chi connectivity index (χ1n) is 10.9. The van der Waals surface area contributed by atoms with E-state index in [1.807, 2.05) is 24.3 Å². The van der Waals surface area contributed by atoms with Gasteiger partial charge < -0.3 is 10.1 Å². The summed E-state index contributed by atoms with van der Waals surface area (Å²) in [6.07, 6.45) is 2.54. The van der Waals surface area contributed by atoms with Crippen LogP contribution in [0.4, 0.5) is 0 Å². The van der Waals surface area contributed by atoms with Gasteiger partial charge in [0, 0.05) is 29.5 Å². The number of likely N-dealkylation sites (tertiary alicyclic amines) is 1. The van der Waals surface area contributed by atoms with Crippen LogP contribution in [0.3, 0.4) is 0 Å². The molecule has 5 heteroatoms. The van der Waals surface area contributed by atoms with Gasteiger partial charge in [0.15, 0.2) is 0 Å². The Labute approximate surface area is 184 Å². The zero-order valence-corrected chi connectivity index (χ0v) is 18.8. The SMILES string of the molecule is Cc1ccc2c(c1)[C@@H](NC(=O)C1CCN(Cc3ccccc3Cl)CC1)CC(C)(C)O2. The number of rotatable bonds is 4. The van der Waals surface area contributed by atoms with E-state index in [0.29, 0.717) is 0 Å². The van der Waals surface area contributed by atoms with Gasteiger partial charge in [-0.2, -0.15) is 0 Å². The fourth-order valence-electron chi connectivity index (χ4n) is 4.61. The summed E-state index contributed by atoms with van der Waals surface area (Å²) < 4.78 is 6.14. The van der Waals surface area contributed by atoms with Crippen molar-refractivity contribution in [3.8, 4) is 5.75 Å². The molecule has 1 N–H and O–H groups in total. The van der Waals surface area contributed by atoms with E-state index in [9.17, 15) is 4.79 Å². The highest BCUT2D eigenvalue weighted by Gasteiger charge is 2.36. The number of halogens is 1. The van der Waals surface area contributed by atoms with Crippen LogP contribution in [-0.2, 0) is 11.3 Å². The van der Waals surface area contributed by atoms with Crippen LogP contribution in [-0.4, -0.2) is 29.5 Å². The predicted molar refractivity (Wildman–Crippen MR) is 121 cm³/mol. The Bertz CT molecular complexity index is 919.